The van der Waals surface area contributed by atoms with Gasteiger partial charge in [-0.25, -0.2) is 13.6 Å². The molecule has 7 nitrogen and oxygen atoms in total. The number of phenols is 1. The molecule has 1 aliphatic heterocycles. The quantitative estimate of drug-likeness (QED) is 0.631. The van der Waals surface area contributed by atoms with Crippen LogP contribution < -0.4 is 5.32 Å². The van der Waals surface area contributed by atoms with Crippen molar-refractivity contribution >= 4 is 11.8 Å². The van der Waals surface area contributed by atoms with Gasteiger partial charge in [0.25, 0.3) is 5.69 Å². The van der Waals surface area contributed by atoms with E-state index in [1.807, 2.05) is 5.32 Å². The highest BCUT2D eigenvalue weighted by molar-refractivity contribution is 5.69. The number of halogens is 2. The summed E-state index contributed by atoms with van der Waals surface area (Å²) in [6, 6.07) is 0.802. The van der Waals surface area contributed by atoms with E-state index in [0.29, 0.717) is 0 Å². The van der Waals surface area contributed by atoms with Crippen LogP contribution >= 0.6 is 0 Å². The first-order chi connectivity index (χ1) is 8.81. The second-order valence-electron chi connectivity index (χ2n) is 3.91. The Kier molecular flexibility index (Phi) is 2.97. The number of nitrogens with one attached hydrogen (secondary N) is 1. The summed E-state index contributed by atoms with van der Waals surface area (Å²) in [6.45, 7) is -1.16. The molecule has 0 saturated carbocycles. The van der Waals surface area contributed by atoms with Crippen LogP contribution in [0.2, 0.25) is 0 Å². The van der Waals surface area contributed by atoms with E-state index in [9.17, 15) is 28.8 Å². The molecule has 1 aromatic carbocycles. The molecule has 2 N–H and O–H groups in total. The molecule has 1 saturated heterocycles. The number of benzene rings is 1. The van der Waals surface area contributed by atoms with E-state index in [1.165, 1.54) is 0 Å². The maximum Gasteiger partial charge on any atom is 0.408 e. The molecule has 9 heteroatoms. The highest BCUT2D eigenvalue weighted by atomic mass is 19.3. The van der Waals surface area contributed by atoms with Gasteiger partial charge < -0.3 is 15.2 Å². The monoisotopic (exact) mass is 274 g/mol. The van der Waals surface area contributed by atoms with Gasteiger partial charge in [-0.3, -0.25) is 10.1 Å². The van der Waals surface area contributed by atoms with Crippen LogP contribution in [0.4, 0.5) is 19.3 Å². The molecular formula is C10H8F2N2O5. The lowest BCUT2D eigenvalue weighted by molar-refractivity contribution is -0.385. The van der Waals surface area contributed by atoms with Gasteiger partial charge in [0.2, 0.25) is 0 Å². The number of non-ortho nitro benzene ring substituents is 1. The molecule has 1 heterocycles. The van der Waals surface area contributed by atoms with Crippen molar-refractivity contribution in [1.82, 2.24) is 5.32 Å². The Labute approximate surface area is 104 Å². The SMILES string of the molecule is O=C1N[C@@H](c2cc([N+](=O)[O-])ccc2O)C(F)(F)CO1. The minimum atomic E-state index is -3.49. The molecule has 102 valence electrons. The van der Waals surface area contributed by atoms with Gasteiger partial charge in [-0.15, -0.1) is 0 Å². The van der Waals surface area contributed by atoms with Gasteiger partial charge >= 0.3 is 12.0 Å². The van der Waals surface area contributed by atoms with E-state index in [0.717, 1.165) is 18.2 Å². The number of nitro benzene ring substituents is 1. The van der Waals surface area contributed by atoms with Crippen molar-refractivity contribution in [3.05, 3.63) is 33.9 Å². The van der Waals surface area contributed by atoms with E-state index in [-0.39, 0.29) is 0 Å². The molecule has 19 heavy (non-hydrogen) atoms. The zero-order chi connectivity index (χ0) is 14.2. The van der Waals surface area contributed by atoms with Crippen LogP contribution in [0.1, 0.15) is 11.6 Å². The summed E-state index contributed by atoms with van der Waals surface area (Å²) in [7, 11) is 0. The average molecular weight is 274 g/mol. The number of hydrogen-bond donors (Lipinski definition) is 2. The highest BCUT2D eigenvalue weighted by Crippen LogP contribution is 2.39. The Hall–Kier alpha value is -2.45. The molecule has 0 radical (unpaired) electrons. The summed E-state index contributed by atoms with van der Waals surface area (Å²) >= 11 is 0. The van der Waals surface area contributed by atoms with Crippen LogP contribution in [0.15, 0.2) is 18.2 Å². The fraction of sp³-hybridized carbons (Fsp3) is 0.300. The number of alkyl halides is 2. The molecular weight excluding hydrogens is 266 g/mol. The van der Waals surface area contributed by atoms with Gasteiger partial charge in [0.1, 0.15) is 11.8 Å². The number of aromatic hydroxyl groups is 1. The Bertz CT molecular complexity index is 549. The number of carbonyl (C=O) groups excluding carboxylic acids is 1. The van der Waals surface area contributed by atoms with Crippen LogP contribution in [-0.4, -0.2) is 28.7 Å². The number of nitrogens with zero attached hydrogens (tertiary/aromatic N) is 1. The fourth-order valence-electron chi connectivity index (χ4n) is 1.70. The van der Waals surface area contributed by atoms with Gasteiger partial charge in [-0.05, 0) is 6.07 Å². The summed E-state index contributed by atoms with van der Waals surface area (Å²) in [4.78, 5) is 20.8. The van der Waals surface area contributed by atoms with Crippen molar-refractivity contribution < 1.29 is 28.3 Å². The number of alkyl carbamates (subject to hydrolysis) is 1. The molecule has 0 aromatic heterocycles. The van der Waals surface area contributed by atoms with E-state index >= 15 is 0 Å². The van der Waals surface area contributed by atoms with Crippen molar-refractivity contribution in [3.8, 4) is 5.75 Å². The fourth-order valence-corrected chi connectivity index (χ4v) is 1.70. The normalized spacial score (nSPS) is 21.4. The maximum absolute atomic E-state index is 13.6. The second kappa shape index (κ2) is 4.34. The van der Waals surface area contributed by atoms with E-state index < -0.39 is 46.6 Å². The Balaban J connectivity index is 2.46. The first kappa shape index (κ1) is 13.0. The van der Waals surface area contributed by atoms with Crippen molar-refractivity contribution in [3.63, 3.8) is 0 Å². The molecule has 0 unspecified atom stereocenters. The highest BCUT2D eigenvalue weighted by Gasteiger charge is 2.48. The van der Waals surface area contributed by atoms with E-state index in [4.69, 9.17) is 0 Å². The molecule has 1 fully saturated rings. The number of cyclic esters (lactones) is 1. The summed E-state index contributed by atoms with van der Waals surface area (Å²) in [5.41, 5.74) is -0.903. The Morgan fingerprint density at radius 3 is 2.84 bits per heavy atom. The van der Waals surface area contributed by atoms with Crippen molar-refractivity contribution in [2.45, 2.75) is 12.0 Å². The summed E-state index contributed by atoms with van der Waals surface area (Å²) in [5.74, 6) is -4.06. The van der Waals surface area contributed by atoms with Crippen LogP contribution in [0, 0.1) is 10.1 Å². The number of ether oxygens (including phenoxy) is 1. The number of amides is 1. The smallest absolute Gasteiger partial charge is 0.408 e. The summed E-state index contributed by atoms with van der Waals surface area (Å²) < 4.78 is 31.4. The standard InChI is InChI=1S/C10H8F2N2O5/c11-10(12)4-19-9(16)13-8(10)6-3-5(14(17)18)1-2-7(6)15/h1-3,8,15H,4H2,(H,13,16)/t8-/m0/s1. The van der Waals surface area contributed by atoms with Crippen molar-refractivity contribution in [2.24, 2.45) is 0 Å². The first-order valence-electron chi connectivity index (χ1n) is 5.09. The molecule has 0 bridgehead atoms. The third-order valence-electron chi connectivity index (χ3n) is 2.61. The van der Waals surface area contributed by atoms with Gasteiger partial charge in [-0.1, -0.05) is 0 Å². The Morgan fingerprint density at radius 2 is 2.21 bits per heavy atom. The third-order valence-corrected chi connectivity index (χ3v) is 2.61. The minimum absolute atomic E-state index is 0.434. The molecule has 1 aliphatic rings. The van der Waals surface area contributed by atoms with E-state index in [2.05, 4.69) is 4.74 Å². The van der Waals surface area contributed by atoms with Gasteiger partial charge in [0.05, 0.1) is 4.92 Å². The Morgan fingerprint density at radius 1 is 1.53 bits per heavy atom. The maximum atomic E-state index is 13.6. The summed E-state index contributed by atoms with van der Waals surface area (Å²) in [5, 5.41) is 22.0. The lowest BCUT2D eigenvalue weighted by Gasteiger charge is -2.31. The minimum Gasteiger partial charge on any atom is -0.508 e. The summed E-state index contributed by atoms with van der Waals surface area (Å²) in [6.07, 6.45) is -1.08. The lowest BCUT2D eigenvalue weighted by Crippen LogP contribution is -2.49. The number of phenolic OH excluding ortho intramolecular Hbond substituents is 1. The average Bonchev–Trinajstić information content (AvgIpc) is 2.33. The van der Waals surface area contributed by atoms with E-state index in [1.54, 1.807) is 0 Å². The first-order valence-corrected chi connectivity index (χ1v) is 5.09. The van der Waals surface area contributed by atoms with Gasteiger partial charge in [0.15, 0.2) is 6.61 Å². The lowest BCUT2D eigenvalue weighted by atomic mass is 9.98. The van der Waals surface area contributed by atoms with Crippen LogP contribution in [0.25, 0.3) is 0 Å². The molecule has 0 aliphatic carbocycles. The predicted molar refractivity (Wildman–Crippen MR) is 56.9 cm³/mol. The number of hydrogen-bond acceptors (Lipinski definition) is 5. The van der Waals surface area contributed by atoms with Crippen LogP contribution in [0.3, 0.4) is 0 Å². The topological polar surface area (TPSA) is 102 Å². The molecule has 2 rings (SSSR count). The van der Waals surface area contributed by atoms with Gasteiger partial charge in [-0.2, -0.15) is 0 Å². The zero-order valence-corrected chi connectivity index (χ0v) is 9.30. The van der Waals surface area contributed by atoms with Crippen LogP contribution in [0.5, 0.6) is 5.75 Å². The van der Waals surface area contributed by atoms with Gasteiger partial charge in [0, 0.05) is 17.7 Å². The molecule has 1 atom stereocenters. The molecule has 1 amide bonds. The molecule has 0 spiro atoms. The zero-order valence-electron chi connectivity index (χ0n) is 9.30. The predicted octanol–water partition coefficient (Wildman–Crippen LogP) is 1.72. The van der Waals surface area contributed by atoms with Crippen molar-refractivity contribution in [2.75, 3.05) is 6.61 Å². The second-order valence-corrected chi connectivity index (χ2v) is 3.91. The number of rotatable bonds is 2. The van der Waals surface area contributed by atoms with Crippen LogP contribution in [-0.2, 0) is 4.74 Å². The molecule has 1 aromatic rings. The van der Waals surface area contributed by atoms with Crippen molar-refractivity contribution in [1.29, 1.82) is 0 Å². The third kappa shape index (κ3) is 2.39. The number of nitro groups is 1. The number of carbonyl (C=O) groups is 1. The largest absolute Gasteiger partial charge is 0.508 e.